The van der Waals surface area contributed by atoms with Crippen LogP contribution >= 0.6 is 0 Å². The van der Waals surface area contributed by atoms with Crippen LogP contribution in [0.5, 0.6) is 0 Å². The number of rotatable bonds is 3. The van der Waals surface area contributed by atoms with Gasteiger partial charge in [-0.1, -0.05) is 0 Å². The minimum Gasteiger partial charge on any atom is -0.365 e. The third-order valence-electron chi connectivity index (χ3n) is 3.48. The average Bonchev–Trinajstić information content (AvgIpc) is 2.82. The Bertz CT molecular complexity index is 383. The third kappa shape index (κ3) is 2.69. The van der Waals surface area contributed by atoms with Crippen LogP contribution in [-0.2, 0) is 11.2 Å². The number of aryl methyl sites for hydroxylation is 1. The molecule has 0 radical (unpaired) electrons. The Morgan fingerprint density at radius 2 is 2.41 bits per heavy atom. The predicted molar refractivity (Wildman–Crippen MR) is 67.5 cm³/mol. The second-order valence-corrected chi connectivity index (χ2v) is 5.48. The van der Waals surface area contributed by atoms with E-state index in [1.807, 2.05) is 23.2 Å². The van der Waals surface area contributed by atoms with Crippen molar-refractivity contribution in [1.82, 2.24) is 9.88 Å². The standard InChI is InChI=1S/C13H21N3O/c1-13(2)8-10(14)9-16(13)12(17)6-5-11-4-3-7-15-11/h3-4,7,10,15H,5-6,8-9,14H2,1-2H3. The molecule has 1 amide bonds. The summed E-state index contributed by atoms with van der Waals surface area (Å²) in [7, 11) is 0. The first-order valence-corrected chi connectivity index (χ1v) is 6.17. The van der Waals surface area contributed by atoms with Gasteiger partial charge in [-0.15, -0.1) is 0 Å². The molecule has 1 unspecified atom stereocenters. The van der Waals surface area contributed by atoms with E-state index in [-0.39, 0.29) is 17.5 Å². The molecule has 0 saturated carbocycles. The van der Waals surface area contributed by atoms with Gasteiger partial charge in [0, 0.05) is 36.4 Å². The molecule has 0 aromatic carbocycles. The lowest BCUT2D eigenvalue weighted by Crippen LogP contribution is -2.42. The number of nitrogens with zero attached hydrogens (tertiary/aromatic N) is 1. The highest BCUT2D eigenvalue weighted by Crippen LogP contribution is 2.28. The molecule has 0 bridgehead atoms. The molecule has 4 nitrogen and oxygen atoms in total. The zero-order valence-corrected chi connectivity index (χ0v) is 10.6. The molecular formula is C13H21N3O. The van der Waals surface area contributed by atoms with E-state index >= 15 is 0 Å². The smallest absolute Gasteiger partial charge is 0.223 e. The quantitative estimate of drug-likeness (QED) is 0.829. The molecule has 17 heavy (non-hydrogen) atoms. The van der Waals surface area contributed by atoms with Crippen molar-refractivity contribution in [3.63, 3.8) is 0 Å². The largest absolute Gasteiger partial charge is 0.365 e. The molecule has 3 N–H and O–H groups in total. The Hall–Kier alpha value is -1.29. The summed E-state index contributed by atoms with van der Waals surface area (Å²) < 4.78 is 0. The van der Waals surface area contributed by atoms with Gasteiger partial charge in [-0.3, -0.25) is 4.79 Å². The molecule has 1 atom stereocenters. The van der Waals surface area contributed by atoms with E-state index in [0.717, 1.165) is 18.5 Å². The molecule has 1 aliphatic rings. The molecule has 2 heterocycles. The van der Waals surface area contributed by atoms with E-state index in [2.05, 4.69) is 18.8 Å². The van der Waals surface area contributed by atoms with E-state index < -0.39 is 0 Å². The predicted octanol–water partition coefficient (Wildman–Crippen LogP) is 1.29. The van der Waals surface area contributed by atoms with Crippen LogP contribution in [0.2, 0.25) is 0 Å². The molecule has 1 aromatic heterocycles. The zero-order chi connectivity index (χ0) is 12.5. The lowest BCUT2D eigenvalue weighted by Gasteiger charge is -2.31. The van der Waals surface area contributed by atoms with Crippen LogP contribution < -0.4 is 5.73 Å². The SMILES string of the molecule is CC1(C)CC(N)CN1C(=O)CCc1ccc[nH]1. The van der Waals surface area contributed by atoms with Crippen molar-refractivity contribution >= 4 is 5.91 Å². The normalized spacial score (nSPS) is 23.0. The fourth-order valence-corrected chi connectivity index (χ4v) is 2.64. The van der Waals surface area contributed by atoms with E-state index in [9.17, 15) is 4.79 Å². The van der Waals surface area contributed by atoms with Crippen LogP contribution in [0.1, 0.15) is 32.4 Å². The molecule has 94 valence electrons. The van der Waals surface area contributed by atoms with Gasteiger partial charge in [0.2, 0.25) is 5.91 Å². The van der Waals surface area contributed by atoms with Crippen LogP contribution in [-0.4, -0.2) is 33.9 Å². The second-order valence-electron chi connectivity index (χ2n) is 5.48. The zero-order valence-electron chi connectivity index (χ0n) is 10.6. The van der Waals surface area contributed by atoms with Gasteiger partial charge in [-0.25, -0.2) is 0 Å². The van der Waals surface area contributed by atoms with Crippen molar-refractivity contribution in [3.05, 3.63) is 24.0 Å². The molecule has 2 rings (SSSR count). The number of likely N-dealkylation sites (tertiary alicyclic amines) is 1. The molecule has 0 aliphatic carbocycles. The van der Waals surface area contributed by atoms with Gasteiger partial charge in [-0.05, 0) is 38.8 Å². The molecule has 4 heteroatoms. The highest BCUT2D eigenvalue weighted by molar-refractivity contribution is 5.77. The van der Waals surface area contributed by atoms with Gasteiger partial charge < -0.3 is 15.6 Å². The number of carbonyl (C=O) groups excluding carboxylic acids is 1. The van der Waals surface area contributed by atoms with Gasteiger partial charge >= 0.3 is 0 Å². The van der Waals surface area contributed by atoms with Crippen LogP contribution in [0.25, 0.3) is 0 Å². The number of nitrogens with two attached hydrogens (primary N) is 1. The van der Waals surface area contributed by atoms with Gasteiger partial charge in [0.05, 0.1) is 0 Å². The highest BCUT2D eigenvalue weighted by atomic mass is 16.2. The third-order valence-corrected chi connectivity index (χ3v) is 3.48. The van der Waals surface area contributed by atoms with E-state index in [1.165, 1.54) is 0 Å². The Morgan fingerprint density at radius 1 is 1.65 bits per heavy atom. The van der Waals surface area contributed by atoms with Crippen LogP contribution in [0.3, 0.4) is 0 Å². The fraction of sp³-hybridized carbons (Fsp3) is 0.615. The number of H-pyrrole nitrogens is 1. The maximum Gasteiger partial charge on any atom is 0.223 e. The maximum atomic E-state index is 12.2. The van der Waals surface area contributed by atoms with Crippen molar-refractivity contribution in [2.24, 2.45) is 5.73 Å². The van der Waals surface area contributed by atoms with Crippen molar-refractivity contribution in [3.8, 4) is 0 Å². The minimum atomic E-state index is -0.0910. The van der Waals surface area contributed by atoms with Crippen LogP contribution in [0, 0.1) is 0 Å². The minimum absolute atomic E-state index is 0.0910. The number of nitrogens with one attached hydrogen (secondary N) is 1. The van der Waals surface area contributed by atoms with Gasteiger partial charge in [0.1, 0.15) is 0 Å². The number of amides is 1. The molecule has 1 aliphatic heterocycles. The van der Waals surface area contributed by atoms with Gasteiger partial charge in [0.25, 0.3) is 0 Å². The van der Waals surface area contributed by atoms with Crippen molar-refractivity contribution in [2.75, 3.05) is 6.54 Å². The van der Waals surface area contributed by atoms with E-state index in [0.29, 0.717) is 13.0 Å². The first-order chi connectivity index (χ1) is 7.99. The topological polar surface area (TPSA) is 62.1 Å². The summed E-state index contributed by atoms with van der Waals surface area (Å²) in [5.74, 6) is 0.206. The monoisotopic (exact) mass is 235 g/mol. The van der Waals surface area contributed by atoms with Gasteiger partial charge in [0.15, 0.2) is 0 Å². The van der Waals surface area contributed by atoms with Crippen LogP contribution in [0.15, 0.2) is 18.3 Å². The first kappa shape index (κ1) is 12.2. The molecule has 1 fully saturated rings. The lowest BCUT2D eigenvalue weighted by atomic mass is 10.0. The first-order valence-electron chi connectivity index (χ1n) is 6.17. The molecule has 1 saturated heterocycles. The number of aromatic nitrogens is 1. The Kier molecular flexibility index (Phi) is 3.24. The number of carbonyl (C=O) groups is 1. The second kappa shape index (κ2) is 4.53. The Labute approximate surface area is 102 Å². The van der Waals surface area contributed by atoms with E-state index in [4.69, 9.17) is 5.73 Å². The van der Waals surface area contributed by atoms with Crippen molar-refractivity contribution in [1.29, 1.82) is 0 Å². The fourth-order valence-electron chi connectivity index (χ4n) is 2.64. The van der Waals surface area contributed by atoms with Crippen molar-refractivity contribution in [2.45, 2.75) is 44.7 Å². The molecular weight excluding hydrogens is 214 g/mol. The summed E-state index contributed by atoms with van der Waals surface area (Å²) >= 11 is 0. The molecule has 0 spiro atoms. The lowest BCUT2D eigenvalue weighted by molar-refractivity contribution is -0.134. The van der Waals surface area contributed by atoms with E-state index in [1.54, 1.807) is 0 Å². The maximum absolute atomic E-state index is 12.2. The average molecular weight is 235 g/mol. The Balaban J connectivity index is 1.92. The summed E-state index contributed by atoms with van der Waals surface area (Å²) in [4.78, 5) is 17.2. The summed E-state index contributed by atoms with van der Waals surface area (Å²) in [5, 5.41) is 0. The number of hydrogen-bond acceptors (Lipinski definition) is 2. The number of aromatic amines is 1. The van der Waals surface area contributed by atoms with Crippen molar-refractivity contribution < 1.29 is 4.79 Å². The summed E-state index contributed by atoms with van der Waals surface area (Å²) in [5.41, 5.74) is 6.95. The number of hydrogen-bond donors (Lipinski definition) is 2. The summed E-state index contributed by atoms with van der Waals surface area (Å²) in [6.45, 7) is 4.87. The highest BCUT2D eigenvalue weighted by Gasteiger charge is 2.39. The molecule has 1 aromatic rings. The van der Waals surface area contributed by atoms with Gasteiger partial charge in [-0.2, -0.15) is 0 Å². The van der Waals surface area contributed by atoms with Crippen LogP contribution in [0.4, 0.5) is 0 Å². The summed E-state index contributed by atoms with van der Waals surface area (Å²) in [6, 6.07) is 4.09. The Morgan fingerprint density at radius 3 is 2.94 bits per heavy atom. The summed E-state index contributed by atoms with van der Waals surface area (Å²) in [6.07, 6.45) is 4.10.